The highest BCUT2D eigenvalue weighted by molar-refractivity contribution is 7.89. The van der Waals surface area contributed by atoms with Crippen molar-refractivity contribution in [3.63, 3.8) is 0 Å². The van der Waals surface area contributed by atoms with Crippen molar-refractivity contribution in [3.05, 3.63) is 66.2 Å². The number of carbonyl (C=O) groups excluding carboxylic acids is 1. The standard InChI is InChI=1S/C25H33N3O3S/c1-25(21-9-5-3-6-10-21,19-27(2)32(30,31)22-11-7-4-8-12-22)14-16-28-15-13-20-17-26-24(29)23(20)18-28/h3-12,20,23H,13-19H2,1-2H3,(H,26,29)/t20-,23?,25+/m0/s1. The van der Waals surface area contributed by atoms with Gasteiger partial charge in [0.15, 0.2) is 0 Å². The number of hydrogen-bond donors (Lipinski definition) is 1. The van der Waals surface area contributed by atoms with E-state index in [2.05, 4.69) is 29.3 Å². The molecule has 3 atom stereocenters. The van der Waals surface area contributed by atoms with Crippen molar-refractivity contribution in [1.82, 2.24) is 14.5 Å². The van der Waals surface area contributed by atoms with Gasteiger partial charge in [-0.1, -0.05) is 55.5 Å². The Balaban J connectivity index is 1.51. The number of carbonyl (C=O) groups is 1. The van der Waals surface area contributed by atoms with Crippen LogP contribution in [-0.4, -0.2) is 63.3 Å². The average Bonchev–Trinajstić information content (AvgIpc) is 3.19. The van der Waals surface area contributed by atoms with E-state index in [0.717, 1.165) is 44.6 Å². The Labute approximate surface area is 191 Å². The van der Waals surface area contributed by atoms with Crippen LogP contribution in [0.3, 0.4) is 0 Å². The lowest BCUT2D eigenvalue weighted by atomic mass is 9.78. The van der Waals surface area contributed by atoms with Gasteiger partial charge < -0.3 is 10.2 Å². The van der Waals surface area contributed by atoms with Crippen LogP contribution < -0.4 is 5.32 Å². The molecule has 0 radical (unpaired) electrons. The number of piperidine rings is 1. The molecular formula is C25H33N3O3S. The molecule has 172 valence electrons. The van der Waals surface area contributed by atoms with Crippen molar-refractivity contribution in [3.8, 4) is 0 Å². The zero-order chi connectivity index (χ0) is 22.8. The van der Waals surface area contributed by atoms with Crippen molar-refractivity contribution in [1.29, 1.82) is 0 Å². The van der Waals surface area contributed by atoms with Gasteiger partial charge in [-0.2, -0.15) is 0 Å². The molecule has 2 saturated heterocycles. The molecule has 2 aromatic rings. The highest BCUT2D eigenvalue weighted by Crippen LogP contribution is 2.33. The molecule has 2 aliphatic rings. The van der Waals surface area contributed by atoms with Crippen LogP contribution in [0, 0.1) is 11.8 Å². The molecule has 0 spiro atoms. The van der Waals surface area contributed by atoms with Crippen LogP contribution in [0.2, 0.25) is 0 Å². The number of amides is 1. The third-order valence-corrected chi connectivity index (χ3v) is 9.01. The molecule has 4 rings (SSSR count). The minimum Gasteiger partial charge on any atom is -0.356 e. The highest BCUT2D eigenvalue weighted by atomic mass is 32.2. The summed E-state index contributed by atoms with van der Waals surface area (Å²) in [4.78, 5) is 14.8. The molecule has 0 aliphatic carbocycles. The predicted molar refractivity (Wildman–Crippen MR) is 126 cm³/mol. The number of rotatable bonds is 8. The SMILES string of the molecule is CN(C[C@@](C)(CCN1CC[C@H]2CNC(=O)C2C1)c1ccccc1)S(=O)(=O)c1ccccc1. The van der Waals surface area contributed by atoms with E-state index in [4.69, 9.17) is 0 Å². The first-order chi connectivity index (χ1) is 15.3. The molecule has 7 heteroatoms. The molecule has 2 aromatic carbocycles. The maximum atomic E-state index is 13.2. The number of nitrogens with zero attached hydrogens (tertiary/aromatic N) is 2. The van der Waals surface area contributed by atoms with E-state index < -0.39 is 10.0 Å². The van der Waals surface area contributed by atoms with Crippen molar-refractivity contribution < 1.29 is 13.2 Å². The number of sulfonamides is 1. The Morgan fingerprint density at radius 3 is 2.44 bits per heavy atom. The Hall–Kier alpha value is -2.22. The topological polar surface area (TPSA) is 69.7 Å². The molecule has 0 bridgehead atoms. The molecule has 0 aromatic heterocycles. The smallest absolute Gasteiger partial charge is 0.242 e. The first-order valence-corrected chi connectivity index (χ1v) is 12.8. The van der Waals surface area contributed by atoms with E-state index in [-0.39, 0.29) is 17.2 Å². The van der Waals surface area contributed by atoms with E-state index in [1.54, 1.807) is 31.3 Å². The second kappa shape index (κ2) is 9.33. The van der Waals surface area contributed by atoms with E-state index >= 15 is 0 Å². The zero-order valence-electron chi connectivity index (χ0n) is 18.9. The first-order valence-electron chi connectivity index (χ1n) is 11.4. The summed E-state index contributed by atoms with van der Waals surface area (Å²) in [7, 11) is -1.91. The maximum Gasteiger partial charge on any atom is 0.242 e. The van der Waals surface area contributed by atoms with Gasteiger partial charge in [0.2, 0.25) is 15.9 Å². The second-order valence-electron chi connectivity index (χ2n) is 9.45. The van der Waals surface area contributed by atoms with Gasteiger partial charge in [0, 0.05) is 32.1 Å². The Morgan fingerprint density at radius 1 is 1.09 bits per heavy atom. The van der Waals surface area contributed by atoms with Gasteiger partial charge in [0.1, 0.15) is 0 Å². The lowest BCUT2D eigenvalue weighted by Crippen LogP contribution is -2.45. The van der Waals surface area contributed by atoms with Gasteiger partial charge in [0.05, 0.1) is 10.8 Å². The normalized spacial score (nSPS) is 23.5. The molecule has 6 nitrogen and oxygen atoms in total. The van der Waals surface area contributed by atoms with Crippen LogP contribution in [0.5, 0.6) is 0 Å². The van der Waals surface area contributed by atoms with Gasteiger partial charge in [-0.05, 0) is 49.5 Å². The Bertz CT molecular complexity index is 1030. The van der Waals surface area contributed by atoms with Crippen molar-refractivity contribution in [2.45, 2.75) is 30.1 Å². The van der Waals surface area contributed by atoms with Crippen LogP contribution in [0.4, 0.5) is 0 Å². The molecule has 0 saturated carbocycles. The van der Waals surface area contributed by atoms with Gasteiger partial charge in [-0.3, -0.25) is 4.79 Å². The first kappa shape index (κ1) is 23.0. The van der Waals surface area contributed by atoms with E-state index in [9.17, 15) is 13.2 Å². The van der Waals surface area contributed by atoms with Crippen molar-refractivity contribution >= 4 is 15.9 Å². The molecule has 1 N–H and O–H groups in total. The minimum absolute atomic E-state index is 0.0906. The summed E-state index contributed by atoms with van der Waals surface area (Å²) < 4.78 is 27.8. The summed E-state index contributed by atoms with van der Waals surface area (Å²) in [5, 5.41) is 3.00. The monoisotopic (exact) mass is 455 g/mol. The summed E-state index contributed by atoms with van der Waals surface area (Å²) in [5.74, 6) is 0.730. The third kappa shape index (κ3) is 4.75. The van der Waals surface area contributed by atoms with Gasteiger partial charge >= 0.3 is 0 Å². The van der Waals surface area contributed by atoms with E-state index in [1.807, 2.05) is 24.3 Å². The lowest BCUT2D eigenvalue weighted by Gasteiger charge is -2.38. The predicted octanol–water partition coefficient (Wildman–Crippen LogP) is 2.72. The Morgan fingerprint density at radius 2 is 1.75 bits per heavy atom. The minimum atomic E-state index is -3.58. The van der Waals surface area contributed by atoms with Gasteiger partial charge in [-0.25, -0.2) is 12.7 Å². The second-order valence-corrected chi connectivity index (χ2v) is 11.5. The molecule has 2 aliphatic heterocycles. The number of benzene rings is 2. The number of hydrogen-bond acceptors (Lipinski definition) is 4. The van der Waals surface area contributed by atoms with Crippen LogP contribution in [0.25, 0.3) is 0 Å². The van der Waals surface area contributed by atoms with Crippen LogP contribution >= 0.6 is 0 Å². The Kier molecular flexibility index (Phi) is 6.70. The zero-order valence-corrected chi connectivity index (χ0v) is 19.7. The fourth-order valence-corrected chi connectivity index (χ4v) is 6.40. The number of nitrogens with one attached hydrogen (secondary N) is 1. The van der Waals surface area contributed by atoms with Crippen LogP contribution in [0.15, 0.2) is 65.6 Å². The van der Waals surface area contributed by atoms with E-state index in [0.29, 0.717) is 17.4 Å². The molecule has 2 heterocycles. The highest BCUT2D eigenvalue weighted by Gasteiger charge is 2.40. The van der Waals surface area contributed by atoms with Crippen LogP contribution in [-0.2, 0) is 20.2 Å². The van der Waals surface area contributed by atoms with Crippen LogP contribution in [0.1, 0.15) is 25.3 Å². The summed E-state index contributed by atoms with van der Waals surface area (Å²) in [6.45, 7) is 5.95. The van der Waals surface area contributed by atoms with Crippen molar-refractivity contribution in [2.24, 2.45) is 11.8 Å². The maximum absolute atomic E-state index is 13.2. The molecule has 32 heavy (non-hydrogen) atoms. The van der Waals surface area contributed by atoms with Crippen molar-refractivity contribution in [2.75, 3.05) is 39.8 Å². The summed E-state index contributed by atoms with van der Waals surface area (Å²) in [6, 6.07) is 18.8. The fourth-order valence-electron chi connectivity index (χ4n) is 5.08. The molecule has 1 amide bonds. The fraction of sp³-hybridized carbons (Fsp3) is 0.480. The summed E-state index contributed by atoms with van der Waals surface area (Å²) in [5.41, 5.74) is 0.774. The quantitative estimate of drug-likeness (QED) is 0.665. The average molecular weight is 456 g/mol. The molecular weight excluding hydrogens is 422 g/mol. The summed E-state index contributed by atoms with van der Waals surface area (Å²) in [6.07, 6.45) is 1.85. The number of likely N-dealkylation sites (N-methyl/N-ethyl adjacent to an activating group) is 1. The summed E-state index contributed by atoms with van der Waals surface area (Å²) >= 11 is 0. The molecule has 1 unspecified atom stereocenters. The van der Waals surface area contributed by atoms with E-state index in [1.165, 1.54) is 4.31 Å². The lowest BCUT2D eigenvalue weighted by molar-refractivity contribution is -0.124. The largest absolute Gasteiger partial charge is 0.356 e. The van der Waals surface area contributed by atoms with Gasteiger partial charge in [0.25, 0.3) is 0 Å². The molecule has 2 fully saturated rings. The number of fused-ring (bicyclic) bond motifs is 1. The third-order valence-electron chi connectivity index (χ3n) is 7.19. The van der Waals surface area contributed by atoms with Gasteiger partial charge in [-0.15, -0.1) is 0 Å². The number of likely N-dealkylation sites (tertiary alicyclic amines) is 1.